The molecule has 0 saturated heterocycles. The van der Waals surface area contributed by atoms with Crippen molar-refractivity contribution in [1.29, 1.82) is 0 Å². The molecule has 0 unspecified atom stereocenters. The molecular formula is C28H26ClN5O4. The molecule has 194 valence electrons. The molecule has 0 bridgehead atoms. The third kappa shape index (κ3) is 4.88. The lowest BCUT2D eigenvalue weighted by Gasteiger charge is -2.30. The van der Waals surface area contributed by atoms with Gasteiger partial charge >= 0.3 is 0 Å². The monoisotopic (exact) mass is 531 g/mol. The highest BCUT2D eigenvalue weighted by molar-refractivity contribution is 6.30. The molecule has 1 atom stereocenters. The van der Waals surface area contributed by atoms with Crippen LogP contribution >= 0.6 is 11.6 Å². The van der Waals surface area contributed by atoms with Crippen molar-refractivity contribution in [3.05, 3.63) is 100 Å². The number of nitrogens with zero attached hydrogens (tertiary/aromatic N) is 3. The molecule has 2 heterocycles. The maximum absolute atomic E-state index is 13.8. The number of amides is 1. The maximum atomic E-state index is 13.8. The summed E-state index contributed by atoms with van der Waals surface area (Å²) in [6, 6.07) is 19.6. The summed E-state index contributed by atoms with van der Waals surface area (Å²) in [5, 5.41) is 11.3. The third-order valence-corrected chi connectivity index (χ3v) is 6.47. The van der Waals surface area contributed by atoms with E-state index in [1.54, 1.807) is 31.0 Å². The van der Waals surface area contributed by atoms with Crippen LogP contribution in [-0.2, 0) is 11.4 Å². The molecule has 4 aromatic rings. The lowest BCUT2D eigenvalue weighted by molar-refractivity contribution is -0.113. The number of methoxy groups -OCH3 is 2. The average molecular weight is 532 g/mol. The number of allylic oxidation sites excluding steroid dienone is 1. The van der Waals surface area contributed by atoms with Crippen molar-refractivity contribution in [3.8, 4) is 17.2 Å². The van der Waals surface area contributed by atoms with Crippen molar-refractivity contribution in [2.45, 2.75) is 19.6 Å². The van der Waals surface area contributed by atoms with Gasteiger partial charge in [0.1, 0.15) is 24.7 Å². The number of hydrogen-bond acceptors (Lipinski definition) is 7. The van der Waals surface area contributed by atoms with Crippen molar-refractivity contribution in [2.75, 3.05) is 24.9 Å². The number of hydrogen-bond donors (Lipinski definition) is 2. The zero-order valence-corrected chi connectivity index (χ0v) is 21.8. The van der Waals surface area contributed by atoms with Gasteiger partial charge in [-0.2, -0.15) is 10.1 Å². The van der Waals surface area contributed by atoms with Gasteiger partial charge in [-0.05, 0) is 42.8 Å². The minimum atomic E-state index is -0.654. The Hall–Kier alpha value is -4.50. The van der Waals surface area contributed by atoms with E-state index in [1.807, 2.05) is 61.5 Å². The summed E-state index contributed by atoms with van der Waals surface area (Å²) in [5.41, 5.74) is 3.25. The topological polar surface area (TPSA) is 99.5 Å². The quantitative estimate of drug-likeness (QED) is 0.311. The molecule has 0 fully saturated rings. The number of nitrogens with one attached hydrogen (secondary N) is 2. The number of halogens is 1. The van der Waals surface area contributed by atoms with Gasteiger partial charge in [-0.1, -0.05) is 48.0 Å². The minimum absolute atomic E-state index is 0.269. The molecule has 5 rings (SSSR count). The van der Waals surface area contributed by atoms with Gasteiger partial charge < -0.3 is 24.8 Å². The highest BCUT2D eigenvalue weighted by Crippen LogP contribution is 2.43. The molecule has 9 nitrogen and oxygen atoms in total. The Morgan fingerprint density at radius 2 is 1.76 bits per heavy atom. The predicted molar refractivity (Wildman–Crippen MR) is 145 cm³/mol. The van der Waals surface area contributed by atoms with E-state index in [2.05, 4.69) is 20.7 Å². The highest BCUT2D eigenvalue weighted by atomic mass is 35.5. The van der Waals surface area contributed by atoms with Gasteiger partial charge in [0, 0.05) is 16.3 Å². The summed E-state index contributed by atoms with van der Waals surface area (Å²) < 4.78 is 19.1. The molecule has 0 saturated carbocycles. The number of anilines is 2. The summed E-state index contributed by atoms with van der Waals surface area (Å²) in [6.45, 7) is 2.10. The van der Waals surface area contributed by atoms with E-state index < -0.39 is 6.04 Å². The molecule has 0 spiro atoms. The van der Waals surface area contributed by atoms with Gasteiger partial charge in [-0.25, -0.2) is 4.68 Å². The zero-order chi connectivity index (χ0) is 26.6. The van der Waals surface area contributed by atoms with Crippen LogP contribution in [0.5, 0.6) is 17.2 Å². The van der Waals surface area contributed by atoms with E-state index in [9.17, 15) is 4.79 Å². The van der Waals surface area contributed by atoms with Crippen molar-refractivity contribution < 1.29 is 19.0 Å². The first-order chi connectivity index (χ1) is 18.5. The molecule has 2 N–H and O–H groups in total. The fourth-order valence-electron chi connectivity index (χ4n) is 4.41. The Morgan fingerprint density at radius 3 is 2.53 bits per heavy atom. The number of carbonyl (C=O) groups is 1. The summed E-state index contributed by atoms with van der Waals surface area (Å²) >= 11 is 6.04. The van der Waals surface area contributed by atoms with Crippen molar-refractivity contribution in [3.63, 3.8) is 0 Å². The van der Waals surface area contributed by atoms with Gasteiger partial charge in [0.15, 0.2) is 11.5 Å². The first-order valence-electron chi connectivity index (χ1n) is 11.9. The van der Waals surface area contributed by atoms with Gasteiger partial charge in [0.05, 0.1) is 25.5 Å². The summed E-state index contributed by atoms with van der Waals surface area (Å²) in [6.07, 6.45) is 1.44. The fourth-order valence-corrected chi connectivity index (χ4v) is 4.54. The number of ether oxygens (including phenoxy) is 3. The Balaban J connectivity index is 1.57. The highest BCUT2D eigenvalue weighted by Gasteiger charge is 2.36. The lowest BCUT2D eigenvalue weighted by atomic mass is 9.93. The molecule has 38 heavy (non-hydrogen) atoms. The minimum Gasteiger partial charge on any atom is -0.495 e. The molecule has 0 aliphatic carbocycles. The van der Waals surface area contributed by atoms with Gasteiger partial charge in [0.2, 0.25) is 5.95 Å². The SMILES string of the molecule is COc1ccccc1NC(=O)C1=C(C)Nc2ncnn2[C@@H]1c1cccc(OC)c1OCc1ccc(Cl)cc1. The van der Waals surface area contributed by atoms with E-state index in [-0.39, 0.29) is 12.5 Å². The van der Waals surface area contributed by atoms with Crippen LogP contribution in [0.3, 0.4) is 0 Å². The Labute approximate surface area is 225 Å². The molecule has 0 radical (unpaired) electrons. The standard InChI is InChI=1S/C28H26ClN5O4/c1-17-24(27(35)33-21-8-4-5-9-22(21)36-2)25(34-28(32-17)30-16-31-34)20-7-6-10-23(37-3)26(20)38-15-18-11-13-19(29)14-12-18/h4-14,16,25H,15H2,1-3H3,(H,33,35)(H,30,31,32)/t25-/m1/s1. The van der Waals surface area contributed by atoms with Crippen molar-refractivity contribution >= 4 is 29.1 Å². The van der Waals surface area contributed by atoms with Gasteiger partial charge in [0.25, 0.3) is 5.91 Å². The number of benzene rings is 3. The van der Waals surface area contributed by atoms with E-state index in [0.717, 1.165) is 5.56 Å². The molecule has 1 amide bonds. The van der Waals surface area contributed by atoms with Gasteiger partial charge in [-0.15, -0.1) is 0 Å². The number of fused-ring (bicyclic) bond motifs is 1. The zero-order valence-electron chi connectivity index (χ0n) is 21.1. The third-order valence-electron chi connectivity index (χ3n) is 6.21. The van der Waals surface area contributed by atoms with Crippen LogP contribution in [0.4, 0.5) is 11.6 Å². The van der Waals surface area contributed by atoms with E-state index in [1.165, 1.54) is 6.33 Å². The van der Waals surface area contributed by atoms with E-state index >= 15 is 0 Å². The second-order valence-electron chi connectivity index (χ2n) is 8.54. The fraction of sp³-hybridized carbons (Fsp3) is 0.179. The van der Waals surface area contributed by atoms with Crippen LogP contribution < -0.4 is 24.8 Å². The van der Waals surface area contributed by atoms with Crippen LogP contribution in [0, 0.1) is 0 Å². The second kappa shape index (κ2) is 10.9. The Morgan fingerprint density at radius 1 is 1.03 bits per heavy atom. The molecule has 1 aliphatic heterocycles. The van der Waals surface area contributed by atoms with Crippen LogP contribution in [0.2, 0.25) is 5.02 Å². The largest absolute Gasteiger partial charge is 0.495 e. The van der Waals surface area contributed by atoms with Crippen LogP contribution in [-0.4, -0.2) is 34.9 Å². The van der Waals surface area contributed by atoms with Crippen LogP contribution in [0.25, 0.3) is 0 Å². The average Bonchev–Trinajstić information content (AvgIpc) is 3.40. The summed E-state index contributed by atoms with van der Waals surface area (Å²) in [5.74, 6) is 1.76. The van der Waals surface area contributed by atoms with Crippen molar-refractivity contribution in [1.82, 2.24) is 14.8 Å². The van der Waals surface area contributed by atoms with Gasteiger partial charge in [-0.3, -0.25) is 4.79 Å². The molecule has 10 heteroatoms. The number of rotatable bonds is 8. The predicted octanol–water partition coefficient (Wildman–Crippen LogP) is 5.46. The Kier molecular flexibility index (Phi) is 7.19. The maximum Gasteiger partial charge on any atom is 0.255 e. The normalized spacial score (nSPS) is 14.4. The first kappa shape index (κ1) is 25.2. The van der Waals surface area contributed by atoms with E-state index in [4.69, 9.17) is 25.8 Å². The lowest BCUT2D eigenvalue weighted by Crippen LogP contribution is -2.32. The molecule has 3 aromatic carbocycles. The van der Waals surface area contributed by atoms with E-state index in [0.29, 0.717) is 50.7 Å². The number of para-hydroxylation sites is 3. The summed E-state index contributed by atoms with van der Waals surface area (Å²) in [4.78, 5) is 18.2. The van der Waals surface area contributed by atoms with Crippen molar-refractivity contribution in [2.24, 2.45) is 0 Å². The summed E-state index contributed by atoms with van der Waals surface area (Å²) in [7, 11) is 3.14. The molecular weight excluding hydrogens is 506 g/mol. The Bertz CT molecular complexity index is 1500. The van der Waals surface area contributed by atoms with Crippen LogP contribution in [0.1, 0.15) is 24.1 Å². The second-order valence-corrected chi connectivity index (χ2v) is 8.98. The first-order valence-corrected chi connectivity index (χ1v) is 12.2. The number of aromatic nitrogens is 3. The van der Waals surface area contributed by atoms with Crippen LogP contribution in [0.15, 0.2) is 84.3 Å². The smallest absolute Gasteiger partial charge is 0.255 e. The molecule has 1 aliphatic rings. The number of carbonyl (C=O) groups excluding carboxylic acids is 1. The molecule has 1 aromatic heterocycles.